The fourth-order valence-corrected chi connectivity index (χ4v) is 1.75. The summed E-state index contributed by atoms with van der Waals surface area (Å²) in [5.74, 6) is -1.69. The normalized spacial score (nSPS) is 10.9. The Morgan fingerprint density at radius 1 is 1.20 bits per heavy atom. The van der Waals surface area contributed by atoms with E-state index in [0.717, 1.165) is 11.8 Å². The van der Waals surface area contributed by atoms with Gasteiger partial charge in [0.1, 0.15) is 0 Å². The Bertz CT molecular complexity index is 559. The zero-order valence-corrected chi connectivity index (χ0v) is 10.9. The highest BCUT2D eigenvalue weighted by Crippen LogP contribution is 2.08. The molecule has 0 bridgehead atoms. The number of rotatable bonds is 7. The molecule has 7 heteroatoms. The van der Waals surface area contributed by atoms with Crippen molar-refractivity contribution < 1.29 is 13.9 Å². The van der Waals surface area contributed by atoms with Crippen LogP contribution in [0.4, 0.5) is 8.78 Å². The molecule has 1 aromatic carbocycles. The number of hydrogen-bond acceptors (Lipinski definition) is 4. The number of aryl methyl sites for hydroxylation is 1. The molecule has 0 fully saturated rings. The summed E-state index contributed by atoms with van der Waals surface area (Å²) in [7, 11) is 0. The second-order valence-corrected chi connectivity index (χ2v) is 4.40. The molecular formula is C13H16F2N4O. The van der Waals surface area contributed by atoms with E-state index in [2.05, 4.69) is 15.6 Å². The number of aliphatic hydroxyl groups excluding tert-OH is 1. The summed E-state index contributed by atoms with van der Waals surface area (Å²) in [4.78, 5) is 0. The second kappa shape index (κ2) is 7.06. The smallest absolute Gasteiger partial charge is 0.159 e. The summed E-state index contributed by atoms with van der Waals surface area (Å²) in [6, 6.07) is 3.81. The average molecular weight is 282 g/mol. The van der Waals surface area contributed by atoms with Crippen molar-refractivity contribution >= 4 is 0 Å². The van der Waals surface area contributed by atoms with Gasteiger partial charge in [-0.05, 0) is 24.1 Å². The molecule has 108 valence electrons. The first-order chi connectivity index (χ1) is 9.69. The predicted octanol–water partition coefficient (Wildman–Crippen LogP) is 1.23. The number of halogens is 2. The molecule has 0 aliphatic carbocycles. The summed E-state index contributed by atoms with van der Waals surface area (Å²) in [5, 5.41) is 19.7. The zero-order valence-electron chi connectivity index (χ0n) is 10.9. The molecule has 1 heterocycles. The average Bonchev–Trinajstić information content (AvgIpc) is 2.88. The van der Waals surface area contributed by atoms with E-state index in [-0.39, 0.29) is 6.61 Å². The highest BCUT2D eigenvalue weighted by molar-refractivity contribution is 5.17. The van der Waals surface area contributed by atoms with Gasteiger partial charge in [-0.1, -0.05) is 11.3 Å². The van der Waals surface area contributed by atoms with Gasteiger partial charge in [0.2, 0.25) is 0 Å². The Morgan fingerprint density at radius 2 is 2.05 bits per heavy atom. The fourth-order valence-electron chi connectivity index (χ4n) is 1.75. The van der Waals surface area contributed by atoms with Crippen molar-refractivity contribution in [2.75, 3.05) is 6.61 Å². The topological polar surface area (TPSA) is 63.0 Å². The van der Waals surface area contributed by atoms with Gasteiger partial charge >= 0.3 is 0 Å². The summed E-state index contributed by atoms with van der Waals surface area (Å²) in [6.45, 7) is 1.63. The first-order valence-electron chi connectivity index (χ1n) is 6.33. The number of aliphatic hydroxyl groups is 1. The van der Waals surface area contributed by atoms with E-state index >= 15 is 0 Å². The Hall–Kier alpha value is -1.86. The first-order valence-corrected chi connectivity index (χ1v) is 6.33. The summed E-state index contributed by atoms with van der Waals surface area (Å²) in [6.07, 6.45) is 2.42. The van der Waals surface area contributed by atoms with E-state index in [1.165, 1.54) is 12.1 Å². The minimum atomic E-state index is -0.848. The van der Waals surface area contributed by atoms with Crippen LogP contribution in [0.1, 0.15) is 17.7 Å². The number of hydrogen-bond donors (Lipinski definition) is 2. The largest absolute Gasteiger partial charge is 0.396 e. The van der Waals surface area contributed by atoms with E-state index in [4.69, 9.17) is 5.11 Å². The molecule has 0 radical (unpaired) electrons. The molecule has 0 unspecified atom stereocenters. The molecule has 2 rings (SSSR count). The number of nitrogens with one attached hydrogen (secondary N) is 1. The van der Waals surface area contributed by atoms with Crippen LogP contribution in [0.3, 0.4) is 0 Å². The molecule has 0 spiro atoms. The van der Waals surface area contributed by atoms with E-state index in [0.29, 0.717) is 31.6 Å². The second-order valence-electron chi connectivity index (χ2n) is 4.40. The van der Waals surface area contributed by atoms with Crippen molar-refractivity contribution in [3.63, 3.8) is 0 Å². The van der Waals surface area contributed by atoms with Crippen molar-refractivity contribution in [2.45, 2.75) is 26.1 Å². The van der Waals surface area contributed by atoms with Gasteiger partial charge in [0.15, 0.2) is 11.6 Å². The molecular weight excluding hydrogens is 266 g/mol. The third kappa shape index (κ3) is 4.07. The zero-order chi connectivity index (χ0) is 14.4. The molecule has 0 aliphatic heterocycles. The van der Waals surface area contributed by atoms with Gasteiger partial charge in [0.05, 0.1) is 5.69 Å². The van der Waals surface area contributed by atoms with Crippen LogP contribution in [0.15, 0.2) is 24.4 Å². The van der Waals surface area contributed by atoms with Crippen molar-refractivity contribution in [3.05, 3.63) is 47.3 Å². The van der Waals surface area contributed by atoms with Crippen LogP contribution in [0, 0.1) is 11.6 Å². The fraction of sp³-hybridized carbons (Fsp3) is 0.385. The van der Waals surface area contributed by atoms with Crippen LogP contribution >= 0.6 is 0 Å². The van der Waals surface area contributed by atoms with Gasteiger partial charge in [-0.25, -0.2) is 8.78 Å². The highest BCUT2D eigenvalue weighted by atomic mass is 19.2. The van der Waals surface area contributed by atoms with Crippen LogP contribution in [-0.2, 0) is 19.6 Å². The molecule has 0 amide bonds. The summed E-state index contributed by atoms with van der Waals surface area (Å²) >= 11 is 0. The van der Waals surface area contributed by atoms with Crippen LogP contribution in [0.25, 0.3) is 0 Å². The van der Waals surface area contributed by atoms with E-state index in [1.54, 1.807) is 10.9 Å². The van der Waals surface area contributed by atoms with E-state index in [1.807, 2.05) is 0 Å². The van der Waals surface area contributed by atoms with Crippen molar-refractivity contribution in [1.82, 2.24) is 20.3 Å². The maximum atomic E-state index is 13.0. The molecule has 0 atom stereocenters. The highest BCUT2D eigenvalue weighted by Gasteiger charge is 2.03. The van der Waals surface area contributed by atoms with Crippen LogP contribution in [0.2, 0.25) is 0 Å². The van der Waals surface area contributed by atoms with Crippen molar-refractivity contribution in [1.29, 1.82) is 0 Å². The van der Waals surface area contributed by atoms with Crippen LogP contribution in [-0.4, -0.2) is 26.7 Å². The third-order valence-electron chi connectivity index (χ3n) is 2.75. The Labute approximate surface area is 115 Å². The monoisotopic (exact) mass is 282 g/mol. The lowest BCUT2D eigenvalue weighted by molar-refractivity contribution is 0.276. The minimum absolute atomic E-state index is 0.115. The molecule has 20 heavy (non-hydrogen) atoms. The third-order valence-corrected chi connectivity index (χ3v) is 2.75. The van der Waals surface area contributed by atoms with E-state index in [9.17, 15) is 8.78 Å². The molecule has 0 saturated heterocycles. The minimum Gasteiger partial charge on any atom is -0.396 e. The lowest BCUT2D eigenvalue weighted by atomic mass is 10.2. The van der Waals surface area contributed by atoms with Gasteiger partial charge in [0, 0.05) is 32.4 Å². The predicted molar refractivity (Wildman–Crippen MR) is 68.6 cm³/mol. The lowest BCUT2D eigenvalue weighted by Gasteiger charge is -2.03. The molecule has 2 aromatic rings. The molecule has 0 saturated carbocycles. The van der Waals surface area contributed by atoms with Gasteiger partial charge in [-0.2, -0.15) is 0 Å². The first kappa shape index (κ1) is 14.5. The van der Waals surface area contributed by atoms with Crippen molar-refractivity contribution in [2.24, 2.45) is 0 Å². The molecule has 0 aliphatic rings. The number of nitrogens with zero attached hydrogens (tertiary/aromatic N) is 3. The van der Waals surface area contributed by atoms with Crippen LogP contribution < -0.4 is 5.32 Å². The summed E-state index contributed by atoms with van der Waals surface area (Å²) in [5.41, 5.74) is 1.42. The molecule has 2 N–H and O–H groups in total. The maximum Gasteiger partial charge on any atom is 0.159 e. The van der Waals surface area contributed by atoms with Gasteiger partial charge in [0.25, 0.3) is 0 Å². The summed E-state index contributed by atoms with van der Waals surface area (Å²) < 4.78 is 27.4. The SMILES string of the molecule is OCCCn1cc(CNCc2ccc(F)c(F)c2)nn1. The van der Waals surface area contributed by atoms with Gasteiger partial charge < -0.3 is 10.4 Å². The lowest BCUT2D eigenvalue weighted by Crippen LogP contribution is -2.13. The van der Waals surface area contributed by atoms with Crippen LogP contribution in [0.5, 0.6) is 0 Å². The maximum absolute atomic E-state index is 13.0. The standard InChI is InChI=1S/C13H16F2N4O/c14-12-3-2-10(6-13(12)15)7-16-8-11-9-19(18-17-11)4-1-5-20/h2-3,6,9,16,20H,1,4-5,7-8H2. The number of benzene rings is 1. The quantitative estimate of drug-likeness (QED) is 0.802. The van der Waals surface area contributed by atoms with Gasteiger partial charge in [-0.15, -0.1) is 5.10 Å². The van der Waals surface area contributed by atoms with E-state index < -0.39 is 11.6 Å². The van der Waals surface area contributed by atoms with Gasteiger partial charge in [-0.3, -0.25) is 4.68 Å². The Morgan fingerprint density at radius 3 is 2.80 bits per heavy atom. The number of aromatic nitrogens is 3. The molecule has 5 nitrogen and oxygen atoms in total. The Balaban J connectivity index is 1.80. The van der Waals surface area contributed by atoms with Crippen molar-refractivity contribution in [3.8, 4) is 0 Å². The Kier molecular flexibility index (Phi) is 5.14. The molecule has 1 aromatic heterocycles.